The lowest BCUT2D eigenvalue weighted by atomic mass is 10.0. The van der Waals surface area contributed by atoms with E-state index >= 15 is 0 Å². The lowest BCUT2D eigenvalue weighted by Gasteiger charge is -2.19. The second-order valence-corrected chi connectivity index (χ2v) is 14.8. The van der Waals surface area contributed by atoms with E-state index in [2.05, 4.69) is 55.6 Å². The number of carbonyl (C=O) groups is 1. The molecule has 4 nitrogen and oxygen atoms in total. The third kappa shape index (κ3) is 37.6. The third-order valence-electron chi connectivity index (χ3n) is 9.78. The number of rotatable bonds is 39. The number of unbranched alkanes of at least 4 members (excludes halogenated alkanes) is 26. The zero-order valence-electron chi connectivity index (χ0n) is 33.4. The van der Waals surface area contributed by atoms with Crippen molar-refractivity contribution in [2.24, 2.45) is 0 Å². The fourth-order valence-electron chi connectivity index (χ4n) is 6.40. The van der Waals surface area contributed by atoms with Gasteiger partial charge in [0.05, 0.1) is 18.8 Å². The van der Waals surface area contributed by atoms with Crippen LogP contribution in [0.3, 0.4) is 0 Å². The SMILES string of the molecule is CCCCC/C=C/CC/C=C/C(O)C(CO)NC(=O)CCCCCCCCCCCCCCCCCCC/C=C\C/C=C\CCCCCCC. The van der Waals surface area contributed by atoms with Crippen LogP contribution >= 0.6 is 0 Å². The number of aliphatic hydroxyl groups is 2. The van der Waals surface area contributed by atoms with Gasteiger partial charge in [-0.3, -0.25) is 4.79 Å². The van der Waals surface area contributed by atoms with Crippen molar-refractivity contribution < 1.29 is 15.0 Å². The van der Waals surface area contributed by atoms with E-state index in [1.807, 2.05) is 6.08 Å². The normalized spacial score (nSPS) is 13.4. The Morgan fingerprint density at radius 1 is 0.480 bits per heavy atom. The van der Waals surface area contributed by atoms with Gasteiger partial charge in [-0.2, -0.15) is 0 Å². The van der Waals surface area contributed by atoms with Gasteiger partial charge in [0.25, 0.3) is 0 Å². The van der Waals surface area contributed by atoms with E-state index in [1.54, 1.807) is 6.08 Å². The molecule has 2 atom stereocenters. The first-order valence-electron chi connectivity index (χ1n) is 21.9. The van der Waals surface area contributed by atoms with E-state index in [0.29, 0.717) is 6.42 Å². The van der Waals surface area contributed by atoms with Crippen molar-refractivity contribution in [3.8, 4) is 0 Å². The summed E-state index contributed by atoms with van der Waals surface area (Å²) in [6, 6.07) is -0.636. The standard InChI is InChI=1S/C46H85NO3/c1-3-5-7-9-11-13-14-15-16-17-18-19-20-21-22-23-24-25-26-27-28-29-30-31-32-34-36-38-40-42-46(50)47-44(43-48)45(49)41-39-37-35-33-12-10-8-6-4-2/h12,14-15,17-18,33,39,41,44-45,48-49H,3-11,13,16,19-32,34-38,40,42-43H2,1-2H3,(H,47,50)/b15-14-,18-17-,33-12+,41-39+. The van der Waals surface area contributed by atoms with Gasteiger partial charge in [-0.25, -0.2) is 0 Å². The van der Waals surface area contributed by atoms with Crippen LogP contribution in [0.4, 0.5) is 0 Å². The fourth-order valence-corrected chi connectivity index (χ4v) is 6.40. The van der Waals surface area contributed by atoms with Crippen molar-refractivity contribution in [1.29, 1.82) is 0 Å². The zero-order valence-corrected chi connectivity index (χ0v) is 33.4. The number of aliphatic hydroxyl groups excluding tert-OH is 2. The first kappa shape index (κ1) is 48.3. The van der Waals surface area contributed by atoms with Gasteiger partial charge in [-0.15, -0.1) is 0 Å². The first-order chi connectivity index (χ1) is 24.7. The van der Waals surface area contributed by atoms with Crippen LogP contribution < -0.4 is 5.32 Å². The van der Waals surface area contributed by atoms with E-state index in [-0.39, 0.29) is 12.5 Å². The largest absolute Gasteiger partial charge is 0.394 e. The molecule has 0 spiro atoms. The Hall–Kier alpha value is -1.65. The molecule has 0 aromatic heterocycles. The van der Waals surface area contributed by atoms with Crippen molar-refractivity contribution in [3.05, 3.63) is 48.6 Å². The number of hydrogen-bond donors (Lipinski definition) is 3. The molecule has 0 fully saturated rings. The number of allylic oxidation sites excluding steroid dienone is 7. The molecule has 3 N–H and O–H groups in total. The minimum absolute atomic E-state index is 0.0765. The lowest BCUT2D eigenvalue weighted by Crippen LogP contribution is -2.45. The summed E-state index contributed by atoms with van der Waals surface area (Å²) in [5.74, 6) is -0.0765. The maximum atomic E-state index is 12.3. The van der Waals surface area contributed by atoms with Crippen LogP contribution in [0.25, 0.3) is 0 Å². The molecule has 0 aromatic rings. The summed E-state index contributed by atoms with van der Waals surface area (Å²) in [4.78, 5) is 12.3. The summed E-state index contributed by atoms with van der Waals surface area (Å²) in [7, 11) is 0. The van der Waals surface area contributed by atoms with Crippen LogP contribution in [0.15, 0.2) is 48.6 Å². The van der Waals surface area contributed by atoms with Gasteiger partial charge < -0.3 is 15.5 Å². The van der Waals surface area contributed by atoms with E-state index < -0.39 is 12.1 Å². The molecule has 4 heteroatoms. The molecule has 0 heterocycles. The summed E-state index contributed by atoms with van der Waals surface area (Å²) in [6.45, 7) is 4.23. The highest BCUT2D eigenvalue weighted by atomic mass is 16.3. The highest BCUT2D eigenvalue weighted by Gasteiger charge is 2.17. The predicted octanol–water partition coefficient (Wildman–Crippen LogP) is 13.6. The van der Waals surface area contributed by atoms with E-state index in [4.69, 9.17) is 0 Å². The number of nitrogens with one attached hydrogen (secondary N) is 1. The number of carbonyl (C=O) groups excluding carboxylic acids is 1. The summed E-state index contributed by atoms with van der Waals surface area (Å²) >= 11 is 0. The number of hydrogen-bond acceptors (Lipinski definition) is 3. The van der Waals surface area contributed by atoms with Gasteiger partial charge in [-0.05, 0) is 64.2 Å². The molecule has 0 aliphatic rings. The van der Waals surface area contributed by atoms with Crippen molar-refractivity contribution >= 4 is 5.91 Å². The summed E-state index contributed by atoms with van der Waals surface area (Å²) < 4.78 is 0. The van der Waals surface area contributed by atoms with Crippen molar-refractivity contribution in [3.63, 3.8) is 0 Å². The molecular formula is C46H85NO3. The second-order valence-electron chi connectivity index (χ2n) is 14.8. The van der Waals surface area contributed by atoms with Crippen LogP contribution in [-0.4, -0.2) is 34.9 Å². The summed E-state index contributed by atoms with van der Waals surface area (Å²) in [5, 5.41) is 22.8. The topological polar surface area (TPSA) is 69.6 Å². The summed E-state index contributed by atoms with van der Waals surface area (Å²) in [5.41, 5.74) is 0. The summed E-state index contributed by atoms with van der Waals surface area (Å²) in [6.07, 6.45) is 56.7. The molecule has 0 aliphatic carbocycles. The Balaban J connectivity index is 3.46. The van der Waals surface area contributed by atoms with E-state index in [1.165, 1.54) is 161 Å². The van der Waals surface area contributed by atoms with E-state index in [9.17, 15) is 15.0 Å². The van der Waals surface area contributed by atoms with Crippen LogP contribution in [0, 0.1) is 0 Å². The molecule has 2 unspecified atom stereocenters. The highest BCUT2D eigenvalue weighted by molar-refractivity contribution is 5.76. The van der Waals surface area contributed by atoms with Gasteiger partial charge in [-0.1, -0.05) is 197 Å². The first-order valence-corrected chi connectivity index (χ1v) is 21.9. The van der Waals surface area contributed by atoms with Gasteiger partial charge in [0.1, 0.15) is 0 Å². The van der Waals surface area contributed by atoms with Gasteiger partial charge in [0.15, 0.2) is 0 Å². The Labute approximate surface area is 312 Å². The van der Waals surface area contributed by atoms with Crippen molar-refractivity contribution in [1.82, 2.24) is 5.32 Å². The zero-order chi connectivity index (χ0) is 36.4. The average molecular weight is 700 g/mol. The molecule has 0 saturated carbocycles. The monoisotopic (exact) mass is 700 g/mol. The Morgan fingerprint density at radius 2 is 0.840 bits per heavy atom. The maximum absolute atomic E-state index is 12.3. The van der Waals surface area contributed by atoms with Gasteiger partial charge in [0.2, 0.25) is 5.91 Å². The lowest BCUT2D eigenvalue weighted by molar-refractivity contribution is -0.123. The van der Waals surface area contributed by atoms with Crippen LogP contribution in [-0.2, 0) is 4.79 Å². The van der Waals surface area contributed by atoms with Crippen molar-refractivity contribution in [2.45, 2.75) is 231 Å². The van der Waals surface area contributed by atoms with Crippen LogP contribution in [0.5, 0.6) is 0 Å². The molecule has 0 radical (unpaired) electrons. The van der Waals surface area contributed by atoms with Crippen molar-refractivity contribution in [2.75, 3.05) is 6.61 Å². The molecule has 0 aliphatic heterocycles. The molecule has 50 heavy (non-hydrogen) atoms. The van der Waals surface area contributed by atoms with Gasteiger partial charge >= 0.3 is 0 Å². The van der Waals surface area contributed by atoms with Gasteiger partial charge in [0, 0.05) is 6.42 Å². The maximum Gasteiger partial charge on any atom is 0.220 e. The molecular weight excluding hydrogens is 615 g/mol. The smallest absolute Gasteiger partial charge is 0.220 e. The third-order valence-corrected chi connectivity index (χ3v) is 9.78. The van der Waals surface area contributed by atoms with E-state index in [0.717, 1.165) is 38.5 Å². The highest BCUT2D eigenvalue weighted by Crippen LogP contribution is 2.15. The molecule has 0 saturated heterocycles. The molecule has 1 amide bonds. The molecule has 0 aromatic carbocycles. The second kappa shape index (κ2) is 41.8. The molecule has 292 valence electrons. The van der Waals surface area contributed by atoms with Crippen LogP contribution in [0.1, 0.15) is 219 Å². The van der Waals surface area contributed by atoms with Crippen LogP contribution in [0.2, 0.25) is 0 Å². The quantitative estimate of drug-likeness (QED) is 0.0442. The minimum atomic E-state index is -0.859. The number of amides is 1. The average Bonchev–Trinajstić information content (AvgIpc) is 3.12. The fraction of sp³-hybridized carbons (Fsp3) is 0.804. The minimum Gasteiger partial charge on any atom is -0.394 e. The molecule has 0 bridgehead atoms. The Morgan fingerprint density at radius 3 is 1.32 bits per heavy atom. The predicted molar refractivity (Wildman–Crippen MR) is 221 cm³/mol. The Bertz CT molecular complexity index is 801. The molecule has 0 rings (SSSR count). The Kier molecular flexibility index (Phi) is 40.4.